The van der Waals surface area contributed by atoms with Crippen LogP contribution in [0.15, 0.2) is 0 Å². The molecule has 0 amide bonds. The zero-order valence-electron chi connectivity index (χ0n) is 11.8. The summed E-state index contributed by atoms with van der Waals surface area (Å²) in [5, 5.41) is 7.84. The lowest BCUT2D eigenvalue weighted by Gasteiger charge is -2.11. The molecule has 0 saturated heterocycles. The predicted octanol–water partition coefficient (Wildman–Crippen LogP) is 0.970. The largest absolute Gasteiger partial charge is 0.469 e. The number of rotatable bonds is 5. The van der Waals surface area contributed by atoms with Crippen LogP contribution in [0.3, 0.4) is 0 Å². The second kappa shape index (κ2) is 6.49. The molecule has 0 aliphatic heterocycles. The van der Waals surface area contributed by atoms with Crippen molar-refractivity contribution in [3.05, 3.63) is 11.4 Å². The molecule has 0 unspecified atom stereocenters. The molecule has 0 N–H and O–H groups in total. The Morgan fingerprint density at radius 1 is 1.25 bits per heavy atom. The van der Waals surface area contributed by atoms with E-state index in [-0.39, 0.29) is 12.1 Å². The Balaban J connectivity index is 2.22. The molecule has 0 bridgehead atoms. The molecule has 1 fully saturated rings. The van der Waals surface area contributed by atoms with Gasteiger partial charge in [0.25, 0.3) is 0 Å². The van der Waals surface area contributed by atoms with Crippen LogP contribution in [0.5, 0.6) is 0 Å². The normalized spacial score (nSPS) is 15.3. The molecule has 7 nitrogen and oxygen atoms in total. The Hall–Kier alpha value is -1.92. The number of carbonyl (C=O) groups excluding carboxylic acids is 2. The Morgan fingerprint density at radius 2 is 1.95 bits per heavy atom. The first-order valence-corrected chi connectivity index (χ1v) is 6.73. The van der Waals surface area contributed by atoms with Gasteiger partial charge in [0.05, 0.1) is 26.3 Å². The van der Waals surface area contributed by atoms with Gasteiger partial charge in [0.1, 0.15) is 0 Å². The van der Waals surface area contributed by atoms with Crippen molar-refractivity contribution in [2.24, 2.45) is 5.92 Å². The summed E-state index contributed by atoms with van der Waals surface area (Å²) >= 11 is 0. The number of aromatic nitrogens is 3. The standard InChI is InChI=1S/C13H19N3O4/c1-19-11(17)7-10-12(13(18)20-2)14-15-16(10)8-9-5-3-4-6-9/h9H,3-8H2,1-2H3. The van der Waals surface area contributed by atoms with Crippen LogP contribution < -0.4 is 0 Å². The number of esters is 2. The van der Waals surface area contributed by atoms with Gasteiger partial charge in [0, 0.05) is 6.54 Å². The van der Waals surface area contributed by atoms with Crippen LogP contribution in [0, 0.1) is 5.92 Å². The number of hydrogen-bond donors (Lipinski definition) is 0. The molecule has 1 aromatic rings. The van der Waals surface area contributed by atoms with Gasteiger partial charge >= 0.3 is 11.9 Å². The zero-order chi connectivity index (χ0) is 14.5. The molecule has 0 aromatic carbocycles. The minimum atomic E-state index is -0.582. The molecule has 2 rings (SSSR count). The Kier molecular flexibility index (Phi) is 4.70. The molecular formula is C13H19N3O4. The van der Waals surface area contributed by atoms with E-state index in [1.165, 1.54) is 27.1 Å². The number of nitrogens with zero attached hydrogens (tertiary/aromatic N) is 3. The molecule has 110 valence electrons. The van der Waals surface area contributed by atoms with Gasteiger partial charge < -0.3 is 9.47 Å². The Bertz CT molecular complexity index is 492. The van der Waals surface area contributed by atoms with Crippen molar-refractivity contribution in [2.75, 3.05) is 14.2 Å². The van der Waals surface area contributed by atoms with Crippen LogP contribution in [0.4, 0.5) is 0 Å². The number of hydrogen-bond acceptors (Lipinski definition) is 6. The van der Waals surface area contributed by atoms with Crippen LogP contribution in [-0.2, 0) is 27.2 Å². The van der Waals surface area contributed by atoms with Gasteiger partial charge in [0.15, 0.2) is 5.69 Å². The Labute approximate surface area is 117 Å². The first-order chi connectivity index (χ1) is 9.65. The van der Waals surface area contributed by atoms with E-state index in [1.807, 2.05) is 0 Å². The minimum Gasteiger partial charge on any atom is -0.469 e. The highest BCUT2D eigenvalue weighted by Crippen LogP contribution is 2.26. The summed E-state index contributed by atoms with van der Waals surface area (Å²) in [6, 6.07) is 0. The zero-order valence-corrected chi connectivity index (χ0v) is 11.8. The van der Waals surface area contributed by atoms with Crippen molar-refractivity contribution in [2.45, 2.75) is 38.6 Å². The van der Waals surface area contributed by atoms with Crippen LogP contribution in [0.1, 0.15) is 41.9 Å². The average molecular weight is 281 g/mol. The molecule has 0 spiro atoms. The van der Waals surface area contributed by atoms with E-state index in [9.17, 15) is 9.59 Å². The van der Waals surface area contributed by atoms with Crippen LogP contribution in [0.25, 0.3) is 0 Å². The van der Waals surface area contributed by atoms with Gasteiger partial charge in [-0.1, -0.05) is 18.1 Å². The summed E-state index contributed by atoms with van der Waals surface area (Å²) < 4.78 is 11.0. The molecule has 20 heavy (non-hydrogen) atoms. The van der Waals surface area contributed by atoms with Crippen molar-refractivity contribution in [1.82, 2.24) is 15.0 Å². The first kappa shape index (κ1) is 14.5. The fourth-order valence-corrected chi connectivity index (χ4v) is 2.56. The molecule has 1 aliphatic rings. The van der Waals surface area contributed by atoms with Gasteiger partial charge in [-0.2, -0.15) is 0 Å². The summed E-state index contributed by atoms with van der Waals surface area (Å²) in [4.78, 5) is 23.2. The van der Waals surface area contributed by atoms with Crippen molar-refractivity contribution in [3.63, 3.8) is 0 Å². The summed E-state index contributed by atoms with van der Waals surface area (Å²) in [5.41, 5.74) is 0.562. The average Bonchev–Trinajstić information content (AvgIpc) is 3.09. The smallest absolute Gasteiger partial charge is 0.360 e. The molecule has 1 aliphatic carbocycles. The third kappa shape index (κ3) is 3.15. The molecule has 1 heterocycles. The van der Waals surface area contributed by atoms with Crippen molar-refractivity contribution in [1.29, 1.82) is 0 Å². The van der Waals surface area contributed by atoms with E-state index in [4.69, 9.17) is 0 Å². The second-order valence-corrected chi connectivity index (χ2v) is 4.96. The lowest BCUT2D eigenvalue weighted by molar-refractivity contribution is -0.139. The van der Waals surface area contributed by atoms with Crippen molar-refractivity contribution in [3.8, 4) is 0 Å². The summed E-state index contributed by atoms with van der Waals surface area (Å²) in [7, 11) is 2.59. The van der Waals surface area contributed by atoms with Gasteiger partial charge in [-0.15, -0.1) is 5.10 Å². The maximum Gasteiger partial charge on any atom is 0.360 e. The number of ether oxygens (including phenoxy) is 2. The summed E-state index contributed by atoms with van der Waals surface area (Å²) in [6.07, 6.45) is 4.70. The maximum absolute atomic E-state index is 11.7. The SMILES string of the molecule is COC(=O)Cc1c(C(=O)OC)nnn1CC1CCCC1. The Morgan fingerprint density at radius 3 is 2.55 bits per heavy atom. The van der Waals surface area contributed by atoms with E-state index >= 15 is 0 Å². The number of carbonyl (C=O) groups is 2. The molecule has 1 saturated carbocycles. The summed E-state index contributed by atoms with van der Waals surface area (Å²) in [5.74, 6) is -0.481. The van der Waals surface area contributed by atoms with Crippen molar-refractivity contribution >= 4 is 11.9 Å². The monoisotopic (exact) mass is 281 g/mol. The number of methoxy groups -OCH3 is 2. The maximum atomic E-state index is 11.7. The van der Waals surface area contributed by atoms with Gasteiger partial charge in [-0.05, 0) is 18.8 Å². The van der Waals surface area contributed by atoms with Gasteiger partial charge in [0.2, 0.25) is 0 Å². The minimum absolute atomic E-state index is 0.0271. The lowest BCUT2D eigenvalue weighted by Crippen LogP contribution is -2.17. The topological polar surface area (TPSA) is 83.3 Å². The molecule has 0 radical (unpaired) electrons. The first-order valence-electron chi connectivity index (χ1n) is 6.73. The third-order valence-corrected chi connectivity index (χ3v) is 3.66. The highest BCUT2D eigenvalue weighted by Gasteiger charge is 2.25. The fourth-order valence-electron chi connectivity index (χ4n) is 2.56. The molecule has 1 aromatic heterocycles. The predicted molar refractivity (Wildman–Crippen MR) is 69.0 cm³/mol. The van der Waals surface area contributed by atoms with Gasteiger partial charge in [-0.25, -0.2) is 9.48 Å². The second-order valence-electron chi connectivity index (χ2n) is 4.96. The molecule has 0 atom stereocenters. The third-order valence-electron chi connectivity index (χ3n) is 3.66. The highest BCUT2D eigenvalue weighted by molar-refractivity contribution is 5.89. The van der Waals surface area contributed by atoms with Gasteiger partial charge in [-0.3, -0.25) is 4.79 Å². The van der Waals surface area contributed by atoms with E-state index in [2.05, 4.69) is 19.8 Å². The van der Waals surface area contributed by atoms with Crippen molar-refractivity contribution < 1.29 is 19.1 Å². The van der Waals surface area contributed by atoms with E-state index in [1.54, 1.807) is 4.68 Å². The van der Waals surface area contributed by atoms with E-state index in [0.717, 1.165) is 12.8 Å². The highest BCUT2D eigenvalue weighted by atomic mass is 16.5. The fraction of sp³-hybridized carbons (Fsp3) is 0.692. The summed E-state index contributed by atoms with van der Waals surface area (Å²) in [6.45, 7) is 0.677. The van der Waals surface area contributed by atoms with E-state index in [0.29, 0.717) is 18.2 Å². The van der Waals surface area contributed by atoms with E-state index < -0.39 is 11.9 Å². The van der Waals surface area contributed by atoms with Crippen LogP contribution >= 0.6 is 0 Å². The quantitative estimate of drug-likeness (QED) is 0.748. The lowest BCUT2D eigenvalue weighted by atomic mass is 10.1. The van der Waals surface area contributed by atoms with Crippen LogP contribution in [0.2, 0.25) is 0 Å². The molecular weight excluding hydrogens is 262 g/mol. The molecule has 7 heteroatoms. The van der Waals surface area contributed by atoms with Crippen LogP contribution in [-0.4, -0.2) is 41.2 Å².